The van der Waals surface area contributed by atoms with E-state index in [-0.39, 0.29) is 24.4 Å². The van der Waals surface area contributed by atoms with Crippen molar-refractivity contribution in [2.24, 2.45) is 11.7 Å². The zero-order valence-electron chi connectivity index (χ0n) is 9.98. The normalized spacial score (nSPS) is 15.9. The number of nitrogens with one attached hydrogen (secondary N) is 1. The van der Waals surface area contributed by atoms with Gasteiger partial charge in [-0.15, -0.1) is 12.4 Å². The highest BCUT2D eigenvalue weighted by Crippen LogP contribution is 2.31. The Morgan fingerprint density at radius 2 is 2.24 bits per heavy atom. The van der Waals surface area contributed by atoms with Crippen LogP contribution in [0.2, 0.25) is 0 Å². The first-order valence-corrected chi connectivity index (χ1v) is 5.77. The molecule has 1 atom stereocenters. The maximum absolute atomic E-state index is 11.8. The van der Waals surface area contributed by atoms with Crippen LogP contribution in [0.3, 0.4) is 0 Å². The van der Waals surface area contributed by atoms with Crippen LogP contribution in [0.1, 0.15) is 28.8 Å². The first kappa shape index (κ1) is 14.0. The van der Waals surface area contributed by atoms with Crippen molar-refractivity contribution < 1.29 is 4.79 Å². The van der Waals surface area contributed by atoms with E-state index < -0.39 is 0 Å². The summed E-state index contributed by atoms with van der Waals surface area (Å²) < 4.78 is 0. The van der Waals surface area contributed by atoms with Gasteiger partial charge in [-0.25, -0.2) is 0 Å². The third kappa shape index (κ3) is 4.02. The van der Waals surface area contributed by atoms with E-state index in [1.54, 1.807) is 0 Å². The molecule has 3 N–H and O–H groups in total. The van der Waals surface area contributed by atoms with Crippen molar-refractivity contribution in [3.05, 3.63) is 35.4 Å². The zero-order valence-corrected chi connectivity index (χ0v) is 10.8. The quantitative estimate of drug-likeness (QED) is 0.862. The summed E-state index contributed by atoms with van der Waals surface area (Å²) in [6.07, 6.45) is 2.42. The fourth-order valence-electron chi connectivity index (χ4n) is 1.79. The van der Waals surface area contributed by atoms with E-state index in [0.717, 1.165) is 5.56 Å². The molecular formula is C13H19ClN2O. The van der Waals surface area contributed by atoms with E-state index in [0.29, 0.717) is 18.0 Å². The molecule has 1 fully saturated rings. The number of benzene rings is 1. The highest BCUT2D eigenvalue weighted by molar-refractivity contribution is 5.94. The Hall–Kier alpha value is -1.06. The molecule has 17 heavy (non-hydrogen) atoms. The van der Waals surface area contributed by atoms with Gasteiger partial charge in [0.25, 0.3) is 5.91 Å². The van der Waals surface area contributed by atoms with Gasteiger partial charge in [-0.05, 0) is 37.8 Å². The molecule has 1 saturated carbocycles. The number of carbonyl (C=O) groups excluding carboxylic acids is 1. The van der Waals surface area contributed by atoms with Crippen LogP contribution in [0.15, 0.2) is 24.3 Å². The summed E-state index contributed by atoms with van der Waals surface area (Å²) in [7, 11) is 0. The molecule has 1 aromatic rings. The van der Waals surface area contributed by atoms with Crippen LogP contribution >= 0.6 is 12.4 Å². The molecule has 94 valence electrons. The topological polar surface area (TPSA) is 55.1 Å². The summed E-state index contributed by atoms with van der Waals surface area (Å²) in [5.41, 5.74) is 7.73. The Labute approximate surface area is 108 Å². The van der Waals surface area contributed by atoms with Crippen LogP contribution in [0.4, 0.5) is 0 Å². The lowest BCUT2D eigenvalue weighted by atomic mass is 10.1. The number of hydrogen-bond acceptors (Lipinski definition) is 2. The lowest BCUT2D eigenvalue weighted by molar-refractivity contribution is 0.0950. The molecule has 1 aliphatic carbocycles. The minimum atomic E-state index is -0.0280. The summed E-state index contributed by atoms with van der Waals surface area (Å²) in [5.74, 6) is 0.595. The summed E-state index contributed by atoms with van der Waals surface area (Å²) in [6.45, 7) is 2.56. The van der Waals surface area contributed by atoms with Gasteiger partial charge in [0.2, 0.25) is 0 Å². The summed E-state index contributed by atoms with van der Waals surface area (Å²) in [6, 6.07) is 7.70. The van der Waals surface area contributed by atoms with Crippen molar-refractivity contribution in [1.29, 1.82) is 0 Å². The van der Waals surface area contributed by atoms with Gasteiger partial charge in [0.15, 0.2) is 0 Å². The molecule has 0 aliphatic heterocycles. The molecule has 0 spiro atoms. The Kier molecular flexibility index (Phi) is 4.97. The van der Waals surface area contributed by atoms with Crippen LogP contribution < -0.4 is 11.1 Å². The lowest BCUT2D eigenvalue weighted by Crippen LogP contribution is -2.38. The zero-order chi connectivity index (χ0) is 11.5. The second kappa shape index (κ2) is 6.03. The Balaban J connectivity index is 0.00000144. The van der Waals surface area contributed by atoms with E-state index in [4.69, 9.17) is 5.73 Å². The van der Waals surface area contributed by atoms with Gasteiger partial charge in [-0.3, -0.25) is 4.79 Å². The maximum atomic E-state index is 11.8. The van der Waals surface area contributed by atoms with Crippen molar-refractivity contribution in [3.63, 3.8) is 0 Å². The standard InChI is InChI=1S/C13H18N2O.ClH/c1-9-3-2-4-11(7-9)13(16)15-8-12(14)10-5-6-10;/h2-4,7,10,12H,5-6,8,14H2,1H3,(H,15,16);1H. The number of hydrogen-bond donors (Lipinski definition) is 2. The Morgan fingerprint density at radius 1 is 1.53 bits per heavy atom. The number of rotatable bonds is 4. The van der Waals surface area contributed by atoms with Crippen molar-refractivity contribution in [2.45, 2.75) is 25.8 Å². The summed E-state index contributed by atoms with van der Waals surface area (Å²) >= 11 is 0. The SMILES string of the molecule is Cc1cccc(C(=O)NCC(N)C2CC2)c1.Cl. The second-order valence-electron chi connectivity index (χ2n) is 4.58. The third-order valence-electron chi connectivity index (χ3n) is 3.01. The fraction of sp³-hybridized carbons (Fsp3) is 0.462. The minimum absolute atomic E-state index is 0. The minimum Gasteiger partial charge on any atom is -0.350 e. The lowest BCUT2D eigenvalue weighted by Gasteiger charge is -2.11. The number of nitrogens with two attached hydrogens (primary N) is 1. The first-order chi connectivity index (χ1) is 7.66. The van der Waals surface area contributed by atoms with Gasteiger partial charge >= 0.3 is 0 Å². The smallest absolute Gasteiger partial charge is 0.251 e. The predicted octanol–water partition coefficient (Wildman–Crippen LogP) is 1.88. The molecule has 4 heteroatoms. The van der Waals surface area contributed by atoms with Crippen LogP contribution in [0.25, 0.3) is 0 Å². The van der Waals surface area contributed by atoms with Crippen molar-refractivity contribution in [1.82, 2.24) is 5.32 Å². The van der Waals surface area contributed by atoms with E-state index in [2.05, 4.69) is 5.32 Å². The molecule has 2 rings (SSSR count). The predicted molar refractivity (Wildman–Crippen MR) is 71.5 cm³/mol. The molecule has 0 aromatic heterocycles. The van der Waals surface area contributed by atoms with Gasteiger partial charge in [0.1, 0.15) is 0 Å². The van der Waals surface area contributed by atoms with Crippen molar-refractivity contribution in [3.8, 4) is 0 Å². The van der Waals surface area contributed by atoms with Gasteiger partial charge in [-0.2, -0.15) is 0 Å². The molecular weight excluding hydrogens is 236 g/mol. The van der Waals surface area contributed by atoms with Crippen LogP contribution in [0.5, 0.6) is 0 Å². The molecule has 0 radical (unpaired) electrons. The van der Waals surface area contributed by atoms with Gasteiger partial charge in [-0.1, -0.05) is 17.7 Å². The first-order valence-electron chi connectivity index (χ1n) is 5.77. The Bertz CT molecular complexity index is 391. The van der Waals surface area contributed by atoms with E-state index in [1.807, 2.05) is 31.2 Å². The van der Waals surface area contributed by atoms with Crippen molar-refractivity contribution in [2.75, 3.05) is 6.54 Å². The van der Waals surface area contributed by atoms with E-state index in [1.165, 1.54) is 12.8 Å². The monoisotopic (exact) mass is 254 g/mol. The Morgan fingerprint density at radius 3 is 2.82 bits per heavy atom. The average molecular weight is 255 g/mol. The third-order valence-corrected chi connectivity index (χ3v) is 3.01. The maximum Gasteiger partial charge on any atom is 0.251 e. The molecule has 1 unspecified atom stereocenters. The number of aryl methyl sites for hydroxylation is 1. The van der Waals surface area contributed by atoms with Gasteiger partial charge in [0, 0.05) is 18.2 Å². The molecule has 0 heterocycles. The van der Waals surface area contributed by atoms with Crippen LogP contribution in [-0.2, 0) is 0 Å². The number of carbonyl (C=O) groups is 1. The molecule has 3 nitrogen and oxygen atoms in total. The molecule has 1 amide bonds. The highest BCUT2D eigenvalue weighted by atomic mass is 35.5. The van der Waals surface area contributed by atoms with Crippen molar-refractivity contribution >= 4 is 18.3 Å². The van der Waals surface area contributed by atoms with Crippen LogP contribution in [-0.4, -0.2) is 18.5 Å². The van der Waals surface area contributed by atoms with Crippen LogP contribution in [0, 0.1) is 12.8 Å². The molecule has 0 saturated heterocycles. The van der Waals surface area contributed by atoms with Gasteiger partial charge < -0.3 is 11.1 Å². The number of amides is 1. The average Bonchev–Trinajstić information content (AvgIpc) is 3.09. The largest absolute Gasteiger partial charge is 0.350 e. The second-order valence-corrected chi connectivity index (χ2v) is 4.58. The summed E-state index contributed by atoms with van der Waals surface area (Å²) in [5, 5.41) is 2.88. The molecule has 1 aliphatic rings. The highest BCUT2D eigenvalue weighted by Gasteiger charge is 2.28. The van der Waals surface area contributed by atoms with Gasteiger partial charge in [0.05, 0.1) is 0 Å². The summed E-state index contributed by atoms with van der Waals surface area (Å²) in [4.78, 5) is 11.8. The molecule has 1 aromatic carbocycles. The number of halogens is 1. The fourth-order valence-corrected chi connectivity index (χ4v) is 1.79. The van der Waals surface area contributed by atoms with E-state index >= 15 is 0 Å². The van der Waals surface area contributed by atoms with E-state index in [9.17, 15) is 4.79 Å². The molecule has 0 bridgehead atoms.